The Kier molecular flexibility index (Phi) is 8.69. The highest BCUT2D eigenvalue weighted by molar-refractivity contribution is 6.32. The minimum Gasteiger partial charge on any atom is -0.462 e. The number of aromatic nitrogens is 2. The number of likely N-dealkylation sites (tertiary alicyclic amines) is 1. The number of para-hydroxylation sites is 1. The van der Waals surface area contributed by atoms with Gasteiger partial charge >= 0.3 is 11.7 Å². The molecule has 2 aromatic carbocycles. The summed E-state index contributed by atoms with van der Waals surface area (Å²) in [5, 5.41) is 3.26. The fraction of sp³-hybridized carbons (Fsp3) is 0.429. The van der Waals surface area contributed by atoms with E-state index < -0.39 is 17.2 Å². The number of carbonyl (C=O) groups excluding carboxylic acids is 2. The molecule has 0 radical (unpaired) electrons. The number of benzene rings is 2. The number of carbonyl (C=O) groups is 2. The molecule has 0 unspecified atom stereocenters. The van der Waals surface area contributed by atoms with Gasteiger partial charge in [-0.25, -0.2) is 14.2 Å². The second kappa shape index (κ2) is 12.0. The summed E-state index contributed by atoms with van der Waals surface area (Å²) in [6.07, 6.45) is 3.55. The smallest absolute Gasteiger partial charge is 0.338 e. The van der Waals surface area contributed by atoms with E-state index in [2.05, 4.69) is 10.2 Å². The molecular weight excluding hydrogens is 508 g/mol. The Morgan fingerprint density at radius 1 is 1.08 bits per heavy atom. The number of halogens is 1. The van der Waals surface area contributed by atoms with E-state index in [0.717, 1.165) is 37.0 Å². The molecule has 1 fully saturated rings. The molecule has 38 heavy (non-hydrogen) atoms. The summed E-state index contributed by atoms with van der Waals surface area (Å²) in [5.74, 6) is -0.902. The highest BCUT2D eigenvalue weighted by atomic mass is 35.5. The first-order chi connectivity index (χ1) is 18.2. The van der Waals surface area contributed by atoms with Crippen molar-refractivity contribution in [3.63, 3.8) is 0 Å². The van der Waals surface area contributed by atoms with E-state index in [-0.39, 0.29) is 46.2 Å². The van der Waals surface area contributed by atoms with Crippen LogP contribution >= 0.6 is 11.6 Å². The third kappa shape index (κ3) is 5.54. The number of rotatable bonds is 8. The molecule has 1 saturated heterocycles. The fourth-order valence-corrected chi connectivity index (χ4v) is 5.34. The van der Waals surface area contributed by atoms with Crippen molar-refractivity contribution in [1.82, 2.24) is 19.4 Å². The summed E-state index contributed by atoms with van der Waals surface area (Å²) in [5.41, 5.74) is 0.344. The van der Waals surface area contributed by atoms with Gasteiger partial charge in [0.1, 0.15) is 6.54 Å². The molecule has 1 aromatic heterocycles. The topological polar surface area (TPSA) is 103 Å². The molecule has 0 saturated carbocycles. The van der Waals surface area contributed by atoms with Crippen molar-refractivity contribution in [2.75, 3.05) is 32.8 Å². The lowest BCUT2D eigenvalue weighted by Gasteiger charge is -2.26. The van der Waals surface area contributed by atoms with Gasteiger partial charge in [-0.1, -0.05) is 30.2 Å². The third-order valence-electron chi connectivity index (χ3n) is 6.96. The van der Waals surface area contributed by atoms with Crippen molar-refractivity contribution in [2.45, 2.75) is 46.6 Å². The van der Waals surface area contributed by atoms with Gasteiger partial charge < -0.3 is 15.0 Å². The van der Waals surface area contributed by atoms with Crippen LogP contribution in [0.4, 0.5) is 0 Å². The van der Waals surface area contributed by atoms with Crippen LogP contribution in [0.2, 0.25) is 5.02 Å². The highest BCUT2D eigenvalue weighted by Crippen LogP contribution is 2.25. The Labute approximate surface area is 226 Å². The molecular formula is C28H33ClN4O5. The van der Waals surface area contributed by atoms with Crippen LogP contribution < -0.4 is 16.6 Å². The van der Waals surface area contributed by atoms with Gasteiger partial charge in [0, 0.05) is 13.1 Å². The molecule has 1 aliphatic rings. The lowest BCUT2D eigenvalue weighted by Crippen LogP contribution is -2.43. The zero-order valence-corrected chi connectivity index (χ0v) is 22.8. The lowest BCUT2D eigenvalue weighted by atomic mass is 9.98. The third-order valence-corrected chi connectivity index (χ3v) is 7.28. The summed E-state index contributed by atoms with van der Waals surface area (Å²) in [4.78, 5) is 55.6. The Morgan fingerprint density at radius 3 is 2.47 bits per heavy atom. The first-order valence-corrected chi connectivity index (χ1v) is 13.3. The monoisotopic (exact) mass is 540 g/mol. The second-order valence-electron chi connectivity index (χ2n) is 9.52. The molecule has 0 aliphatic carbocycles. The van der Waals surface area contributed by atoms with E-state index >= 15 is 0 Å². The molecule has 3 aromatic rings. The first kappa shape index (κ1) is 27.6. The molecule has 9 nitrogen and oxygen atoms in total. The van der Waals surface area contributed by atoms with Gasteiger partial charge in [0.25, 0.3) is 5.56 Å². The number of hydrogen-bond acceptors (Lipinski definition) is 6. The van der Waals surface area contributed by atoms with E-state index in [0.29, 0.717) is 17.7 Å². The van der Waals surface area contributed by atoms with Gasteiger partial charge in [-0.05, 0) is 76.0 Å². The lowest BCUT2D eigenvalue weighted by molar-refractivity contribution is -0.121. The van der Waals surface area contributed by atoms with E-state index in [1.54, 1.807) is 51.1 Å². The Balaban J connectivity index is 1.82. The summed E-state index contributed by atoms with van der Waals surface area (Å²) >= 11 is 6.38. The van der Waals surface area contributed by atoms with Crippen LogP contribution in [-0.2, 0) is 16.1 Å². The zero-order valence-electron chi connectivity index (χ0n) is 22.0. The molecule has 1 amide bonds. The second-order valence-corrected chi connectivity index (χ2v) is 9.93. The average molecular weight is 541 g/mol. The molecule has 10 heteroatoms. The summed E-state index contributed by atoms with van der Waals surface area (Å²) < 4.78 is 7.45. The number of ether oxygens (including phenoxy) is 1. The SMILES string of the molecule is CCOC(=O)c1c(C)cc2c(c1C)c(=O)n(-c1ccccc1Cl)c(=O)n2CC(=O)NCCN1CCCCC1. The van der Waals surface area contributed by atoms with Crippen LogP contribution in [0.1, 0.15) is 47.7 Å². The van der Waals surface area contributed by atoms with Crippen LogP contribution in [-0.4, -0.2) is 58.7 Å². The molecule has 0 bridgehead atoms. The highest BCUT2D eigenvalue weighted by Gasteiger charge is 2.24. The normalized spacial score (nSPS) is 14.0. The average Bonchev–Trinajstić information content (AvgIpc) is 2.88. The minimum absolute atomic E-state index is 0.152. The van der Waals surface area contributed by atoms with E-state index in [9.17, 15) is 19.2 Å². The number of hydrogen-bond donors (Lipinski definition) is 1. The number of nitrogens with one attached hydrogen (secondary N) is 1. The molecule has 0 spiro atoms. The number of piperidine rings is 1. The summed E-state index contributed by atoms with van der Waals surface area (Å²) in [6, 6.07) is 8.10. The quantitative estimate of drug-likeness (QED) is 0.440. The maximum atomic E-state index is 13.8. The van der Waals surface area contributed by atoms with Crippen LogP contribution in [0.5, 0.6) is 0 Å². The summed E-state index contributed by atoms with van der Waals surface area (Å²) in [6.45, 7) is 8.18. The maximum Gasteiger partial charge on any atom is 0.338 e. The number of esters is 1. The molecule has 0 atom stereocenters. The van der Waals surface area contributed by atoms with Crippen LogP contribution in [0.3, 0.4) is 0 Å². The van der Waals surface area contributed by atoms with E-state index in [1.807, 2.05) is 0 Å². The fourth-order valence-electron chi connectivity index (χ4n) is 5.12. The largest absolute Gasteiger partial charge is 0.462 e. The zero-order chi connectivity index (χ0) is 27.4. The van der Waals surface area contributed by atoms with Gasteiger partial charge in [0.2, 0.25) is 5.91 Å². The predicted molar refractivity (Wildman–Crippen MR) is 148 cm³/mol. The van der Waals surface area contributed by atoms with Crippen molar-refractivity contribution in [3.05, 3.63) is 72.9 Å². The van der Waals surface area contributed by atoms with Gasteiger partial charge in [-0.15, -0.1) is 0 Å². The van der Waals surface area contributed by atoms with Crippen molar-refractivity contribution in [1.29, 1.82) is 0 Å². The maximum absolute atomic E-state index is 13.8. The molecule has 4 rings (SSSR count). The van der Waals surface area contributed by atoms with Crippen LogP contribution in [0.15, 0.2) is 39.9 Å². The van der Waals surface area contributed by atoms with Crippen LogP contribution in [0.25, 0.3) is 16.6 Å². The molecule has 202 valence electrons. The van der Waals surface area contributed by atoms with Crippen molar-refractivity contribution < 1.29 is 14.3 Å². The van der Waals surface area contributed by atoms with E-state index in [4.69, 9.17) is 16.3 Å². The van der Waals surface area contributed by atoms with Gasteiger partial charge in [0.15, 0.2) is 0 Å². The Bertz CT molecular complexity index is 1490. The van der Waals surface area contributed by atoms with Gasteiger partial charge in [0.05, 0.1) is 33.8 Å². The number of fused-ring (bicyclic) bond motifs is 1. The molecule has 1 N–H and O–H groups in total. The number of amides is 1. The van der Waals surface area contributed by atoms with Crippen molar-refractivity contribution in [3.8, 4) is 5.69 Å². The predicted octanol–water partition coefficient (Wildman–Crippen LogP) is 3.20. The molecule has 2 heterocycles. The van der Waals surface area contributed by atoms with Crippen molar-refractivity contribution >= 4 is 34.4 Å². The minimum atomic E-state index is -0.690. The number of nitrogens with zero attached hydrogens (tertiary/aromatic N) is 3. The van der Waals surface area contributed by atoms with Crippen molar-refractivity contribution in [2.24, 2.45) is 0 Å². The van der Waals surface area contributed by atoms with Gasteiger partial charge in [-0.2, -0.15) is 0 Å². The van der Waals surface area contributed by atoms with Crippen LogP contribution in [0, 0.1) is 13.8 Å². The van der Waals surface area contributed by atoms with Gasteiger partial charge in [-0.3, -0.25) is 14.2 Å². The van der Waals surface area contributed by atoms with E-state index in [1.165, 1.54) is 11.0 Å². The summed E-state index contributed by atoms with van der Waals surface area (Å²) in [7, 11) is 0. The Hall–Kier alpha value is -3.43. The molecule has 1 aliphatic heterocycles. The first-order valence-electron chi connectivity index (χ1n) is 13.0. The Morgan fingerprint density at radius 2 is 1.79 bits per heavy atom. The standard InChI is InChI=1S/C28H33ClN4O5/c1-4-38-27(36)24-18(2)16-22-25(19(24)3)26(35)33(21-11-7-6-10-20(21)29)28(37)32(22)17-23(34)30-12-15-31-13-8-5-9-14-31/h6-7,10-11,16H,4-5,8-9,12-15,17H2,1-3H3,(H,30,34). The number of aryl methyl sites for hydroxylation is 2.